The van der Waals surface area contributed by atoms with Crippen LogP contribution in [0.25, 0.3) is 0 Å². The van der Waals surface area contributed by atoms with Crippen LogP contribution in [0.15, 0.2) is 4.34 Å². The third-order valence-electron chi connectivity index (χ3n) is 1.79. The molecule has 0 aromatic carbocycles. The first-order valence-corrected chi connectivity index (χ1v) is 7.42. The Morgan fingerprint density at radius 2 is 2.29 bits per heavy atom. The Hall–Kier alpha value is -0.820. The summed E-state index contributed by atoms with van der Waals surface area (Å²) in [6.45, 7) is 5.14. The van der Waals surface area contributed by atoms with Crippen LogP contribution in [0.4, 0.5) is 5.13 Å². The van der Waals surface area contributed by atoms with E-state index in [4.69, 9.17) is 4.74 Å². The second-order valence-corrected chi connectivity index (χ2v) is 5.48. The predicted octanol–water partition coefficient (Wildman–Crippen LogP) is 2.41. The van der Waals surface area contributed by atoms with E-state index in [2.05, 4.69) is 15.5 Å². The Bertz CT molecular complexity index is 344. The minimum Gasteiger partial charge on any atom is -0.466 e. The van der Waals surface area contributed by atoms with E-state index in [0.717, 1.165) is 28.2 Å². The van der Waals surface area contributed by atoms with Gasteiger partial charge >= 0.3 is 5.97 Å². The number of anilines is 1. The van der Waals surface area contributed by atoms with E-state index < -0.39 is 0 Å². The van der Waals surface area contributed by atoms with Crippen molar-refractivity contribution >= 4 is 34.2 Å². The van der Waals surface area contributed by atoms with Crippen molar-refractivity contribution in [2.75, 3.05) is 24.2 Å². The lowest BCUT2D eigenvalue weighted by atomic mass is 10.3. The fourth-order valence-corrected chi connectivity index (χ4v) is 2.93. The molecule has 0 atom stereocenters. The minimum absolute atomic E-state index is 0.126. The van der Waals surface area contributed by atoms with Gasteiger partial charge in [0.05, 0.1) is 6.61 Å². The van der Waals surface area contributed by atoms with Crippen LogP contribution in [0.5, 0.6) is 0 Å². The van der Waals surface area contributed by atoms with Gasteiger partial charge in [-0.05, 0) is 20.3 Å². The number of aromatic nitrogens is 2. The molecule has 0 amide bonds. The fourth-order valence-electron chi connectivity index (χ4n) is 1.10. The van der Waals surface area contributed by atoms with Crippen molar-refractivity contribution in [1.82, 2.24) is 10.2 Å². The van der Waals surface area contributed by atoms with E-state index in [1.165, 1.54) is 0 Å². The molecule has 17 heavy (non-hydrogen) atoms. The van der Waals surface area contributed by atoms with Crippen LogP contribution in [0.1, 0.15) is 26.7 Å². The van der Waals surface area contributed by atoms with Crippen LogP contribution in [-0.4, -0.2) is 35.1 Å². The molecule has 0 aliphatic heterocycles. The molecule has 1 aromatic rings. The SMILES string of the molecule is CCNc1nnc(SCCCC(=O)OCC)s1. The van der Waals surface area contributed by atoms with Gasteiger partial charge in [0.2, 0.25) is 5.13 Å². The van der Waals surface area contributed by atoms with Crippen molar-refractivity contribution in [2.24, 2.45) is 0 Å². The van der Waals surface area contributed by atoms with Crippen LogP contribution in [0, 0.1) is 0 Å². The van der Waals surface area contributed by atoms with Crippen molar-refractivity contribution in [3.63, 3.8) is 0 Å². The number of carbonyl (C=O) groups is 1. The zero-order valence-corrected chi connectivity index (χ0v) is 11.7. The molecule has 0 aliphatic carbocycles. The van der Waals surface area contributed by atoms with Gasteiger partial charge in [0.15, 0.2) is 4.34 Å². The maximum atomic E-state index is 11.1. The molecule has 96 valence electrons. The van der Waals surface area contributed by atoms with Gasteiger partial charge in [0.25, 0.3) is 0 Å². The first-order valence-electron chi connectivity index (χ1n) is 5.62. The zero-order valence-electron chi connectivity index (χ0n) is 10.1. The third kappa shape index (κ3) is 5.88. The number of thioether (sulfide) groups is 1. The molecule has 1 aromatic heterocycles. The maximum absolute atomic E-state index is 11.1. The molecule has 0 saturated heterocycles. The van der Waals surface area contributed by atoms with Gasteiger partial charge in [-0.3, -0.25) is 4.79 Å². The Kier molecular flexibility index (Phi) is 6.95. The van der Waals surface area contributed by atoms with Crippen LogP contribution < -0.4 is 5.32 Å². The molecular formula is C10H17N3O2S2. The van der Waals surface area contributed by atoms with E-state index in [-0.39, 0.29) is 5.97 Å². The molecule has 0 fully saturated rings. The summed E-state index contributed by atoms with van der Waals surface area (Å²) in [4.78, 5) is 11.1. The normalized spacial score (nSPS) is 10.2. The molecule has 0 saturated carbocycles. The lowest BCUT2D eigenvalue weighted by Crippen LogP contribution is -2.03. The fraction of sp³-hybridized carbons (Fsp3) is 0.700. The number of carbonyl (C=O) groups excluding carboxylic acids is 1. The zero-order chi connectivity index (χ0) is 12.5. The Morgan fingerprint density at radius 3 is 3.00 bits per heavy atom. The molecule has 7 heteroatoms. The Balaban J connectivity index is 2.15. The number of hydrogen-bond acceptors (Lipinski definition) is 7. The number of ether oxygens (including phenoxy) is 1. The van der Waals surface area contributed by atoms with Crippen LogP contribution in [0.2, 0.25) is 0 Å². The van der Waals surface area contributed by atoms with Crippen molar-refractivity contribution in [2.45, 2.75) is 31.0 Å². The summed E-state index contributed by atoms with van der Waals surface area (Å²) in [6.07, 6.45) is 1.28. The molecule has 1 N–H and O–H groups in total. The predicted molar refractivity (Wildman–Crippen MR) is 70.7 cm³/mol. The van der Waals surface area contributed by atoms with Gasteiger partial charge in [-0.15, -0.1) is 10.2 Å². The number of hydrogen-bond donors (Lipinski definition) is 1. The maximum Gasteiger partial charge on any atom is 0.305 e. The minimum atomic E-state index is -0.126. The number of nitrogens with one attached hydrogen (secondary N) is 1. The summed E-state index contributed by atoms with van der Waals surface area (Å²) in [5.41, 5.74) is 0. The molecule has 1 heterocycles. The van der Waals surface area contributed by atoms with Crippen LogP contribution >= 0.6 is 23.1 Å². The number of esters is 1. The monoisotopic (exact) mass is 275 g/mol. The Morgan fingerprint density at radius 1 is 1.47 bits per heavy atom. The lowest BCUT2D eigenvalue weighted by molar-refractivity contribution is -0.143. The number of nitrogens with zero attached hydrogens (tertiary/aromatic N) is 2. The summed E-state index contributed by atoms with van der Waals surface area (Å²) in [5, 5.41) is 12.0. The van der Waals surface area contributed by atoms with Crippen LogP contribution in [-0.2, 0) is 9.53 Å². The first-order chi connectivity index (χ1) is 8.26. The second kappa shape index (κ2) is 8.30. The van der Waals surface area contributed by atoms with E-state index in [9.17, 15) is 4.79 Å². The molecule has 1 rings (SSSR count). The first kappa shape index (κ1) is 14.2. The quantitative estimate of drug-likeness (QED) is 0.446. The molecule has 0 spiro atoms. The molecular weight excluding hydrogens is 258 g/mol. The lowest BCUT2D eigenvalue weighted by Gasteiger charge is -2.00. The van der Waals surface area contributed by atoms with E-state index in [0.29, 0.717) is 13.0 Å². The standard InChI is InChI=1S/C10H17N3O2S2/c1-3-11-9-12-13-10(17-9)16-7-5-6-8(14)15-4-2/h3-7H2,1-2H3,(H,11,12). The highest BCUT2D eigenvalue weighted by molar-refractivity contribution is 8.01. The van der Waals surface area contributed by atoms with Gasteiger partial charge in [-0.1, -0.05) is 23.1 Å². The topological polar surface area (TPSA) is 64.1 Å². The molecule has 0 aliphatic rings. The van der Waals surface area contributed by atoms with E-state index >= 15 is 0 Å². The highest BCUT2D eigenvalue weighted by atomic mass is 32.2. The largest absolute Gasteiger partial charge is 0.466 e. The van der Waals surface area contributed by atoms with Gasteiger partial charge in [0, 0.05) is 18.7 Å². The third-order valence-corrected chi connectivity index (χ3v) is 3.89. The van der Waals surface area contributed by atoms with Crippen molar-refractivity contribution in [3.8, 4) is 0 Å². The summed E-state index contributed by atoms with van der Waals surface area (Å²) >= 11 is 3.16. The average molecular weight is 275 g/mol. The number of rotatable bonds is 8. The van der Waals surface area contributed by atoms with Crippen LogP contribution in [0.3, 0.4) is 0 Å². The second-order valence-electron chi connectivity index (χ2n) is 3.16. The van der Waals surface area contributed by atoms with Crippen molar-refractivity contribution < 1.29 is 9.53 Å². The molecule has 5 nitrogen and oxygen atoms in total. The summed E-state index contributed by atoms with van der Waals surface area (Å²) in [5.74, 6) is 0.734. The summed E-state index contributed by atoms with van der Waals surface area (Å²) < 4.78 is 5.78. The highest BCUT2D eigenvalue weighted by Crippen LogP contribution is 2.25. The van der Waals surface area contributed by atoms with Crippen molar-refractivity contribution in [3.05, 3.63) is 0 Å². The average Bonchev–Trinajstić information content (AvgIpc) is 2.73. The summed E-state index contributed by atoms with van der Waals surface area (Å²) in [7, 11) is 0. The van der Waals surface area contributed by atoms with Gasteiger partial charge in [0.1, 0.15) is 0 Å². The molecule has 0 radical (unpaired) electrons. The van der Waals surface area contributed by atoms with E-state index in [1.807, 2.05) is 13.8 Å². The van der Waals surface area contributed by atoms with Gasteiger partial charge in [-0.2, -0.15) is 0 Å². The summed E-state index contributed by atoms with van der Waals surface area (Å²) in [6, 6.07) is 0. The smallest absolute Gasteiger partial charge is 0.305 e. The van der Waals surface area contributed by atoms with Crippen molar-refractivity contribution in [1.29, 1.82) is 0 Å². The highest BCUT2D eigenvalue weighted by Gasteiger charge is 2.05. The Labute approximate surface area is 109 Å². The van der Waals surface area contributed by atoms with Gasteiger partial charge < -0.3 is 10.1 Å². The van der Waals surface area contributed by atoms with E-state index in [1.54, 1.807) is 23.1 Å². The van der Waals surface area contributed by atoms with Gasteiger partial charge in [-0.25, -0.2) is 0 Å². The molecule has 0 bridgehead atoms. The molecule has 0 unspecified atom stereocenters.